The molecule has 7 nitrogen and oxygen atoms in total. The molecule has 2 aromatic rings. The van der Waals surface area contributed by atoms with E-state index in [1.165, 1.54) is 0 Å². The lowest BCUT2D eigenvalue weighted by molar-refractivity contribution is -0.121. The summed E-state index contributed by atoms with van der Waals surface area (Å²) in [5, 5.41) is 0. The van der Waals surface area contributed by atoms with Gasteiger partial charge in [-0.05, 0) is 29.7 Å². The summed E-state index contributed by atoms with van der Waals surface area (Å²) in [6, 6.07) is 17.7. The van der Waals surface area contributed by atoms with Crippen LogP contribution in [0, 0.1) is 5.92 Å². The topological polar surface area (TPSA) is 133 Å². The highest BCUT2D eigenvalue weighted by Gasteiger charge is 2.13. The van der Waals surface area contributed by atoms with Crippen LogP contribution in [0.4, 0.5) is 0 Å². The highest BCUT2D eigenvalue weighted by Crippen LogP contribution is 2.16. The first kappa shape index (κ1) is 21.6. The predicted octanol–water partition coefficient (Wildman–Crippen LogP) is 1.37. The van der Waals surface area contributed by atoms with Gasteiger partial charge in [-0.15, -0.1) is 0 Å². The van der Waals surface area contributed by atoms with Gasteiger partial charge in [-0.3, -0.25) is 9.35 Å². The van der Waals surface area contributed by atoms with E-state index >= 15 is 0 Å². The Bertz CT molecular complexity index is 769. The molecule has 8 heteroatoms. The Balaban J connectivity index is 0.000000597. The number of primary amides is 1. The number of carbonyl (C=O) groups is 1. The van der Waals surface area contributed by atoms with E-state index in [9.17, 15) is 13.2 Å². The summed E-state index contributed by atoms with van der Waals surface area (Å²) in [5.41, 5.74) is 13.0. The van der Waals surface area contributed by atoms with E-state index in [1.807, 2.05) is 54.6 Å². The summed E-state index contributed by atoms with van der Waals surface area (Å²) >= 11 is 0. The van der Waals surface area contributed by atoms with E-state index in [2.05, 4.69) is 0 Å². The van der Waals surface area contributed by atoms with Gasteiger partial charge in [0.15, 0.2) is 0 Å². The summed E-state index contributed by atoms with van der Waals surface area (Å²) < 4.78 is 31.6. The van der Waals surface area contributed by atoms with Gasteiger partial charge in [-0.2, -0.15) is 8.42 Å². The maximum atomic E-state index is 11.2. The molecule has 142 valence electrons. The lowest BCUT2D eigenvalue weighted by atomic mass is 9.99. The molecule has 0 radical (unpaired) electrons. The number of benzene rings is 2. The third-order valence-electron chi connectivity index (χ3n) is 3.34. The van der Waals surface area contributed by atoms with Crippen LogP contribution in [0.1, 0.15) is 11.1 Å². The maximum Gasteiger partial charge on any atom is 0.261 e. The van der Waals surface area contributed by atoms with Gasteiger partial charge in [0.1, 0.15) is 12.4 Å². The molecule has 0 aliphatic carbocycles. The van der Waals surface area contributed by atoms with E-state index in [0.29, 0.717) is 19.3 Å². The molecular weight excluding hydrogens is 356 g/mol. The van der Waals surface area contributed by atoms with Crippen LogP contribution in [0.5, 0.6) is 5.75 Å². The molecule has 1 amide bonds. The zero-order chi connectivity index (χ0) is 19.6. The number of nitrogens with two attached hydrogens (primary N) is 2. The lowest BCUT2D eigenvalue weighted by Gasteiger charge is -2.11. The second kappa shape index (κ2) is 10.5. The fourth-order valence-electron chi connectivity index (χ4n) is 2.05. The second-order valence-electron chi connectivity index (χ2n) is 5.69. The Morgan fingerprint density at radius 1 is 1.08 bits per heavy atom. The Morgan fingerprint density at radius 2 is 1.62 bits per heavy atom. The largest absolute Gasteiger partial charge is 0.489 e. The molecule has 5 N–H and O–H groups in total. The van der Waals surface area contributed by atoms with Gasteiger partial charge >= 0.3 is 0 Å². The molecule has 0 saturated heterocycles. The molecule has 26 heavy (non-hydrogen) atoms. The minimum Gasteiger partial charge on any atom is -0.489 e. The minimum absolute atomic E-state index is 0.265. The molecule has 0 spiro atoms. The first-order valence-corrected chi connectivity index (χ1v) is 9.71. The Kier molecular flexibility index (Phi) is 8.77. The van der Waals surface area contributed by atoms with Crippen molar-refractivity contribution < 1.29 is 22.5 Å². The monoisotopic (exact) mass is 380 g/mol. The van der Waals surface area contributed by atoms with E-state index in [0.717, 1.165) is 16.9 Å². The normalized spacial score (nSPS) is 11.8. The zero-order valence-corrected chi connectivity index (χ0v) is 15.4. The van der Waals surface area contributed by atoms with Crippen LogP contribution in [-0.4, -0.2) is 31.7 Å². The van der Waals surface area contributed by atoms with Crippen LogP contribution >= 0.6 is 0 Å². The third kappa shape index (κ3) is 9.77. The predicted molar refractivity (Wildman–Crippen MR) is 100 cm³/mol. The van der Waals surface area contributed by atoms with Crippen LogP contribution < -0.4 is 16.2 Å². The number of amides is 1. The average molecular weight is 380 g/mol. The number of rotatable bonds is 7. The zero-order valence-electron chi connectivity index (χ0n) is 14.5. The van der Waals surface area contributed by atoms with Crippen LogP contribution in [0.3, 0.4) is 0 Å². The fraction of sp³-hybridized carbons (Fsp3) is 0.278. The highest BCUT2D eigenvalue weighted by atomic mass is 32.2. The molecule has 0 aromatic heterocycles. The molecule has 0 saturated carbocycles. The molecule has 2 aromatic carbocycles. The lowest BCUT2D eigenvalue weighted by Crippen LogP contribution is -2.31. The summed E-state index contributed by atoms with van der Waals surface area (Å²) in [6.07, 6.45) is 1.28. The van der Waals surface area contributed by atoms with Gasteiger partial charge in [0, 0.05) is 6.54 Å². The summed E-state index contributed by atoms with van der Waals surface area (Å²) in [6.45, 7) is 0.800. The van der Waals surface area contributed by atoms with Crippen molar-refractivity contribution in [3.63, 3.8) is 0 Å². The van der Waals surface area contributed by atoms with Crippen molar-refractivity contribution in [1.29, 1.82) is 0 Å². The number of hydrogen-bond acceptors (Lipinski definition) is 5. The summed E-state index contributed by atoms with van der Waals surface area (Å²) in [5.74, 6) is 0.119. The molecule has 0 heterocycles. The smallest absolute Gasteiger partial charge is 0.261 e. The Morgan fingerprint density at radius 3 is 2.08 bits per heavy atom. The second-order valence-corrected chi connectivity index (χ2v) is 7.16. The highest BCUT2D eigenvalue weighted by molar-refractivity contribution is 7.85. The van der Waals surface area contributed by atoms with E-state index < -0.39 is 10.1 Å². The van der Waals surface area contributed by atoms with Crippen LogP contribution in [0.2, 0.25) is 0 Å². The maximum absolute atomic E-state index is 11.2. The van der Waals surface area contributed by atoms with Crippen molar-refractivity contribution in [2.75, 3.05) is 12.8 Å². The van der Waals surface area contributed by atoms with Crippen molar-refractivity contribution in [1.82, 2.24) is 0 Å². The fourth-order valence-corrected chi connectivity index (χ4v) is 2.05. The molecule has 1 unspecified atom stereocenters. The van der Waals surface area contributed by atoms with Crippen molar-refractivity contribution in [3.8, 4) is 5.75 Å². The number of hydrogen-bond donors (Lipinski definition) is 3. The number of carbonyl (C=O) groups excluding carboxylic acids is 1. The average Bonchev–Trinajstić information content (AvgIpc) is 2.58. The van der Waals surface area contributed by atoms with Crippen molar-refractivity contribution >= 4 is 16.0 Å². The van der Waals surface area contributed by atoms with E-state index in [-0.39, 0.29) is 18.4 Å². The van der Waals surface area contributed by atoms with Crippen LogP contribution in [0.25, 0.3) is 0 Å². The van der Waals surface area contributed by atoms with Crippen molar-refractivity contribution in [2.24, 2.45) is 17.4 Å². The molecular formula is C18H24N2O5S. The van der Waals surface area contributed by atoms with E-state index in [1.54, 1.807) is 0 Å². The molecule has 0 aliphatic rings. The van der Waals surface area contributed by atoms with E-state index in [4.69, 9.17) is 20.8 Å². The number of ether oxygens (including phenoxy) is 1. The van der Waals surface area contributed by atoms with Gasteiger partial charge < -0.3 is 16.2 Å². The molecule has 0 bridgehead atoms. The van der Waals surface area contributed by atoms with Gasteiger partial charge in [-0.1, -0.05) is 42.5 Å². The SMILES string of the molecule is CS(=O)(=O)O.NCC(Cc1ccc(OCc2ccccc2)cc1)C(N)=O. The van der Waals surface area contributed by atoms with Crippen LogP contribution in [0.15, 0.2) is 54.6 Å². The summed E-state index contributed by atoms with van der Waals surface area (Å²) in [4.78, 5) is 11.2. The molecule has 0 aliphatic heterocycles. The molecule has 0 fully saturated rings. The van der Waals surface area contributed by atoms with Gasteiger partial charge in [0.2, 0.25) is 5.91 Å². The first-order valence-electron chi connectivity index (χ1n) is 7.86. The van der Waals surface area contributed by atoms with Crippen molar-refractivity contribution in [2.45, 2.75) is 13.0 Å². The van der Waals surface area contributed by atoms with Gasteiger partial charge in [0.05, 0.1) is 12.2 Å². The van der Waals surface area contributed by atoms with Gasteiger partial charge in [0.25, 0.3) is 10.1 Å². The third-order valence-corrected chi connectivity index (χ3v) is 3.34. The quantitative estimate of drug-likeness (QED) is 0.621. The molecule has 2 rings (SSSR count). The van der Waals surface area contributed by atoms with Crippen LogP contribution in [-0.2, 0) is 27.9 Å². The Labute approximate surface area is 153 Å². The first-order chi connectivity index (χ1) is 12.2. The summed E-state index contributed by atoms with van der Waals surface area (Å²) in [7, 11) is -3.67. The van der Waals surface area contributed by atoms with Crippen molar-refractivity contribution in [3.05, 3.63) is 65.7 Å². The molecule has 1 atom stereocenters. The standard InChI is InChI=1S/C17H20N2O2.CH4O3S/c18-11-15(17(19)20)10-13-6-8-16(9-7-13)21-12-14-4-2-1-3-5-14;1-5(2,3)4/h1-9,15H,10-12,18H2,(H2,19,20);1H3,(H,2,3,4). The van der Waals surface area contributed by atoms with Gasteiger partial charge in [-0.25, -0.2) is 0 Å². The minimum atomic E-state index is -3.67. The Hall–Kier alpha value is -2.42.